The lowest BCUT2D eigenvalue weighted by atomic mass is 10.1. The Morgan fingerprint density at radius 2 is 0.729 bits per heavy atom. The van der Waals surface area contributed by atoms with E-state index in [2.05, 4.69) is 21.3 Å². The number of hydrogen-bond acceptors (Lipinski definition) is 6. The number of amides is 4. The van der Waals surface area contributed by atoms with Crippen LogP contribution in [0.4, 0.5) is 11.4 Å². The molecule has 0 aliphatic carbocycles. The third-order valence-electron chi connectivity index (χ3n) is 7.06. The largest absolute Gasteiger partial charge is 0.478 e. The van der Waals surface area contributed by atoms with Crippen molar-refractivity contribution in [2.24, 2.45) is 0 Å². The Morgan fingerprint density at radius 1 is 0.458 bits per heavy atom. The number of nitrogens with one attached hydrogen (secondary N) is 4. The molecule has 0 spiro atoms. The molecule has 0 atom stereocenters. The van der Waals surface area contributed by atoms with Gasteiger partial charge in [0.25, 0.3) is 11.8 Å². The molecule has 2 aromatic carbocycles. The Kier molecular flexibility index (Phi) is 19.4. The second-order valence-electron chi connectivity index (χ2n) is 10.3. The zero-order chi connectivity index (χ0) is 36.3. The van der Waals surface area contributed by atoms with Crippen LogP contribution in [0.5, 0.6) is 0 Å². The van der Waals surface area contributed by atoms with E-state index in [0.29, 0.717) is 45.6 Å². The molecule has 0 saturated heterocycles. The van der Waals surface area contributed by atoms with Crippen LogP contribution >= 0.6 is 136 Å². The number of carbonyl (C=O) groups is 6. The van der Waals surface area contributed by atoms with E-state index in [1.165, 1.54) is 14.1 Å². The van der Waals surface area contributed by atoms with Gasteiger partial charge in [0.05, 0.1) is 47.9 Å². The van der Waals surface area contributed by atoms with Crippen molar-refractivity contribution in [3.63, 3.8) is 0 Å². The van der Waals surface area contributed by atoms with Crippen LogP contribution < -0.4 is 21.3 Å². The van der Waals surface area contributed by atoms with E-state index in [4.69, 9.17) is 0 Å². The molecule has 0 bridgehead atoms. The average Bonchev–Trinajstić information content (AvgIpc) is 3.01. The van der Waals surface area contributed by atoms with Crippen molar-refractivity contribution in [2.45, 2.75) is 64.2 Å². The fourth-order valence-electron chi connectivity index (χ4n) is 4.61. The van der Waals surface area contributed by atoms with Gasteiger partial charge in [0, 0.05) is 34.1 Å². The van der Waals surface area contributed by atoms with Gasteiger partial charge >= 0.3 is 11.9 Å². The molecule has 0 fully saturated rings. The Balaban J connectivity index is 1.79. The summed E-state index contributed by atoms with van der Waals surface area (Å²) in [6.45, 7) is 0. The highest BCUT2D eigenvalue weighted by molar-refractivity contribution is 14.1. The van der Waals surface area contributed by atoms with Gasteiger partial charge in [-0.3, -0.25) is 19.2 Å². The summed E-state index contributed by atoms with van der Waals surface area (Å²) < 4.78 is 2.34. The molecule has 0 aliphatic heterocycles. The molecule has 2 rings (SSSR count). The van der Waals surface area contributed by atoms with Gasteiger partial charge in [0.15, 0.2) is 0 Å². The SMILES string of the molecule is CNC(=O)c1c(I)c(NC(=O)CCCCCCCCCCC(=O)Nc2c(I)c(C(=O)O)c(I)c(C(=O)NC)c2I)c(I)c(C(=O)O)c1I. The molecular weight excluding hydrogens is 1310 g/mol. The lowest BCUT2D eigenvalue weighted by Gasteiger charge is -2.17. The normalized spacial score (nSPS) is 10.8. The predicted molar refractivity (Wildman–Crippen MR) is 233 cm³/mol. The van der Waals surface area contributed by atoms with Crippen molar-refractivity contribution < 1.29 is 39.0 Å². The van der Waals surface area contributed by atoms with E-state index in [1.54, 1.807) is 0 Å². The minimum Gasteiger partial charge on any atom is -0.478 e. The van der Waals surface area contributed by atoms with Gasteiger partial charge in [-0.1, -0.05) is 38.5 Å². The van der Waals surface area contributed by atoms with Gasteiger partial charge in [-0.15, -0.1) is 0 Å². The summed E-state index contributed by atoms with van der Waals surface area (Å²) in [5, 5.41) is 30.1. The summed E-state index contributed by atoms with van der Waals surface area (Å²) in [4.78, 5) is 74.2. The summed E-state index contributed by atoms with van der Waals surface area (Å²) in [6.07, 6.45) is 7.42. The lowest BCUT2D eigenvalue weighted by molar-refractivity contribution is -0.117. The van der Waals surface area contributed by atoms with Crippen molar-refractivity contribution in [1.82, 2.24) is 10.6 Å². The number of unbranched alkanes of at least 4 members (excludes halogenated alkanes) is 7. The number of anilines is 2. The van der Waals surface area contributed by atoms with Crippen LogP contribution in [0.3, 0.4) is 0 Å². The first-order chi connectivity index (χ1) is 22.6. The Labute approximate surface area is 359 Å². The second kappa shape index (κ2) is 21.2. The van der Waals surface area contributed by atoms with Crippen LogP contribution in [0.15, 0.2) is 0 Å². The number of carboxylic acid groups (broad SMARTS) is 2. The summed E-state index contributed by atoms with van der Waals surface area (Å²) in [5.74, 6) is -3.71. The maximum atomic E-state index is 12.7. The van der Waals surface area contributed by atoms with Crippen molar-refractivity contribution in [2.75, 3.05) is 24.7 Å². The zero-order valence-corrected chi connectivity index (χ0v) is 38.6. The Morgan fingerprint density at radius 3 is 1.00 bits per heavy atom. The van der Waals surface area contributed by atoms with Gasteiger partial charge < -0.3 is 31.5 Å². The highest BCUT2D eigenvalue weighted by Gasteiger charge is 2.29. The number of aromatic carboxylic acids is 2. The molecule has 0 aromatic heterocycles. The topological polar surface area (TPSA) is 191 Å². The quantitative estimate of drug-likeness (QED) is 0.0681. The molecule has 12 nitrogen and oxygen atoms in total. The van der Waals surface area contributed by atoms with E-state index in [1.807, 2.05) is 136 Å². The van der Waals surface area contributed by atoms with Crippen LogP contribution in [0, 0.1) is 21.4 Å². The highest BCUT2D eigenvalue weighted by atomic mass is 127. The average molecular weight is 1340 g/mol. The van der Waals surface area contributed by atoms with Crippen LogP contribution in [0.1, 0.15) is 106 Å². The molecule has 4 amide bonds. The number of carbonyl (C=O) groups excluding carboxylic acids is 4. The first-order valence-corrected chi connectivity index (χ1v) is 21.0. The Hall–Kier alpha value is -0.360. The first-order valence-electron chi connectivity index (χ1n) is 14.5. The number of rotatable bonds is 17. The molecule has 0 heterocycles. The number of halogens is 6. The van der Waals surface area contributed by atoms with E-state index in [0.717, 1.165) is 38.5 Å². The highest BCUT2D eigenvalue weighted by Crippen LogP contribution is 2.37. The van der Waals surface area contributed by atoms with Crippen LogP contribution in [0.25, 0.3) is 0 Å². The fraction of sp³-hybridized carbons (Fsp3) is 0.400. The van der Waals surface area contributed by atoms with Gasteiger partial charge in [-0.05, 0) is 148 Å². The van der Waals surface area contributed by atoms with Gasteiger partial charge in [0.1, 0.15) is 0 Å². The van der Waals surface area contributed by atoms with E-state index < -0.39 is 23.8 Å². The van der Waals surface area contributed by atoms with Crippen molar-refractivity contribution in [1.29, 1.82) is 0 Å². The van der Waals surface area contributed by atoms with E-state index in [-0.39, 0.29) is 46.9 Å². The monoisotopic (exact) mass is 1340 g/mol. The third kappa shape index (κ3) is 11.6. The third-order valence-corrected chi connectivity index (χ3v) is 13.5. The van der Waals surface area contributed by atoms with Gasteiger partial charge in [0.2, 0.25) is 11.8 Å². The molecule has 0 radical (unpaired) electrons. The molecule has 48 heavy (non-hydrogen) atoms. The molecule has 18 heteroatoms. The fourth-order valence-corrected chi connectivity index (χ4v) is 13.4. The summed E-state index contributed by atoms with van der Waals surface area (Å²) in [7, 11) is 2.93. The Bertz CT molecular complexity index is 1500. The molecule has 262 valence electrons. The molecule has 6 N–H and O–H groups in total. The van der Waals surface area contributed by atoms with Gasteiger partial charge in [-0.25, -0.2) is 9.59 Å². The molecule has 0 aliphatic rings. The van der Waals surface area contributed by atoms with E-state index in [9.17, 15) is 39.0 Å². The maximum Gasteiger partial charge on any atom is 0.337 e. The van der Waals surface area contributed by atoms with E-state index >= 15 is 0 Å². The number of carboxylic acids is 2. The smallest absolute Gasteiger partial charge is 0.337 e. The van der Waals surface area contributed by atoms with Crippen molar-refractivity contribution in [3.05, 3.63) is 43.7 Å². The van der Waals surface area contributed by atoms with Crippen molar-refractivity contribution >= 4 is 182 Å². The standard InChI is InChI=1S/C30H32I6N4O8/c1-37-27(43)15-19(31)17(29(45)46)23(35)25(21(15)33)39-13(41)11-9-7-5-3-4-6-8-10-12-14(42)40-26-22(34)16(28(44)38-2)20(32)18(24(26)36)30(47)48/h3-12H2,1-2H3,(H,37,43)(H,38,44)(H,39,41)(H,40,42)(H,45,46)(H,47,48). The minimum absolute atomic E-state index is 0.0209. The molecular formula is C30H32I6N4O8. The van der Waals surface area contributed by atoms with Gasteiger partial charge in [-0.2, -0.15) is 0 Å². The summed E-state index contributed by atoms with van der Waals surface area (Å²) in [5.41, 5.74) is 1.04. The number of hydrogen-bond donors (Lipinski definition) is 6. The summed E-state index contributed by atoms with van der Waals surface area (Å²) in [6, 6.07) is 0. The van der Waals surface area contributed by atoms with Crippen LogP contribution in [-0.4, -0.2) is 59.9 Å². The lowest BCUT2D eigenvalue weighted by Crippen LogP contribution is -2.25. The number of benzene rings is 2. The maximum absolute atomic E-state index is 12.7. The predicted octanol–water partition coefficient (Wildman–Crippen LogP) is 7.91. The van der Waals surface area contributed by atoms with Crippen molar-refractivity contribution in [3.8, 4) is 0 Å². The zero-order valence-electron chi connectivity index (χ0n) is 25.7. The summed E-state index contributed by atoms with van der Waals surface area (Å²) >= 11 is 11.4. The molecule has 2 aromatic rings. The second-order valence-corrected chi connectivity index (χ2v) is 16.8. The van der Waals surface area contributed by atoms with Crippen LogP contribution in [-0.2, 0) is 9.59 Å². The first kappa shape index (κ1) is 43.8. The molecule has 0 saturated carbocycles. The minimum atomic E-state index is -1.18. The van der Waals surface area contributed by atoms with Crippen LogP contribution in [0.2, 0.25) is 0 Å². The molecule has 0 unspecified atom stereocenters.